The van der Waals surface area contributed by atoms with Gasteiger partial charge >= 0.3 is 0 Å². The first-order valence-electron chi connectivity index (χ1n) is 7.62. The van der Waals surface area contributed by atoms with E-state index >= 15 is 0 Å². The van der Waals surface area contributed by atoms with Crippen molar-refractivity contribution in [3.05, 3.63) is 53.0 Å². The first kappa shape index (κ1) is 14.5. The van der Waals surface area contributed by atoms with Crippen molar-refractivity contribution in [1.29, 1.82) is 0 Å². The molecule has 0 saturated carbocycles. The van der Waals surface area contributed by atoms with Crippen molar-refractivity contribution in [1.82, 2.24) is 19.6 Å². The fourth-order valence-electron chi connectivity index (χ4n) is 2.69. The van der Waals surface area contributed by atoms with E-state index in [1.807, 2.05) is 6.07 Å². The predicted octanol–water partition coefficient (Wildman–Crippen LogP) is 3.48. The zero-order valence-electron chi connectivity index (χ0n) is 13.5. The Morgan fingerprint density at radius 3 is 2.86 bits per heavy atom. The van der Waals surface area contributed by atoms with Crippen LogP contribution in [0.1, 0.15) is 42.3 Å². The lowest BCUT2D eigenvalue weighted by Gasteiger charge is -2.19. The summed E-state index contributed by atoms with van der Waals surface area (Å²) in [6, 6.07) is 8.64. The highest BCUT2D eigenvalue weighted by molar-refractivity contribution is 5.48. The van der Waals surface area contributed by atoms with E-state index in [1.54, 1.807) is 4.52 Å². The number of anilines is 1. The Kier molecular flexibility index (Phi) is 3.79. The molecule has 3 aromatic rings. The SMILES string of the molecule is CCc1cc(NC(C)c2cccc(C)c2C)n2ncnc2n1. The fraction of sp³-hybridized carbons (Fsp3) is 0.353. The number of nitrogens with one attached hydrogen (secondary N) is 1. The summed E-state index contributed by atoms with van der Waals surface area (Å²) < 4.78 is 1.75. The van der Waals surface area contributed by atoms with Crippen LogP contribution in [0.15, 0.2) is 30.6 Å². The maximum Gasteiger partial charge on any atom is 0.254 e. The molecule has 22 heavy (non-hydrogen) atoms. The summed E-state index contributed by atoms with van der Waals surface area (Å²) in [5.41, 5.74) is 4.93. The number of hydrogen-bond acceptors (Lipinski definition) is 4. The van der Waals surface area contributed by atoms with Gasteiger partial charge in [-0.25, -0.2) is 4.98 Å². The van der Waals surface area contributed by atoms with Crippen LogP contribution in [0.4, 0.5) is 5.82 Å². The predicted molar refractivity (Wildman–Crippen MR) is 88.1 cm³/mol. The molecule has 0 aliphatic carbocycles. The lowest BCUT2D eigenvalue weighted by Crippen LogP contribution is -2.13. The minimum atomic E-state index is 0.180. The second kappa shape index (κ2) is 5.75. The maximum absolute atomic E-state index is 4.48. The summed E-state index contributed by atoms with van der Waals surface area (Å²) in [7, 11) is 0. The van der Waals surface area contributed by atoms with Crippen molar-refractivity contribution in [3.63, 3.8) is 0 Å². The zero-order chi connectivity index (χ0) is 15.7. The summed E-state index contributed by atoms with van der Waals surface area (Å²) in [5, 5.41) is 7.81. The summed E-state index contributed by atoms with van der Waals surface area (Å²) in [5.74, 6) is 1.56. The molecule has 1 aromatic carbocycles. The Labute approximate surface area is 130 Å². The Balaban J connectivity index is 1.98. The van der Waals surface area contributed by atoms with Gasteiger partial charge in [-0.1, -0.05) is 25.1 Å². The first-order chi connectivity index (χ1) is 10.6. The molecular formula is C17H21N5. The van der Waals surface area contributed by atoms with Crippen LogP contribution in [-0.2, 0) is 6.42 Å². The molecule has 3 rings (SSSR count). The van der Waals surface area contributed by atoms with Crippen molar-refractivity contribution < 1.29 is 0 Å². The van der Waals surface area contributed by atoms with Crippen molar-refractivity contribution in [2.75, 3.05) is 5.32 Å². The lowest BCUT2D eigenvalue weighted by molar-refractivity contribution is 0.826. The Bertz CT molecular complexity index is 806. The summed E-state index contributed by atoms with van der Waals surface area (Å²) in [6.07, 6.45) is 2.41. The number of hydrogen-bond donors (Lipinski definition) is 1. The van der Waals surface area contributed by atoms with E-state index in [4.69, 9.17) is 0 Å². The van der Waals surface area contributed by atoms with Crippen LogP contribution in [0.25, 0.3) is 5.78 Å². The number of aromatic nitrogens is 4. The lowest BCUT2D eigenvalue weighted by atomic mass is 9.98. The summed E-state index contributed by atoms with van der Waals surface area (Å²) in [6.45, 7) is 8.56. The highest BCUT2D eigenvalue weighted by Gasteiger charge is 2.13. The van der Waals surface area contributed by atoms with E-state index in [0.29, 0.717) is 5.78 Å². The largest absolute Gasteiger partial charge is 0.363 e. The van der Waals surface area contributed by atoms with Crippen LogP contribution in [0, 0.1) is 13.8 Å². The van der Waals surface area contributed by atoms with Gasteiger partial charge < -0.3 is 5.32 Å². The smallest absolute Gasteiger partial charge is 0.254 e. The number of benzene rings is 1. The third-order valence-electron chi connectivity index (χ3n) is 4.14. The van der Waals surface area contributed by atoms with Gasteiger partial charge in [-0.2, -0.15) is 14.6 Å². The molecule has 0 saturated heterocycles. The number of fused-ring (bicyclic) bond motifs is 1. The van der Waals surface area contributed by atoms with Gasteiger partial charge in [0.25, 0.3) is 5.78 Å². The molecule has 2 aromatic heterocycles. The van der Waals surface area contributed by atoms with Gasteiger partial charge in [0, 0.05) is 11.8 Å². The zero-order valence-corrected chi connectivity index (χ0v) is 13.5. The van der Waals surface area contributed by atoms with E-state index < -0.39 is 0 Å². The molecule has 0 amide bonds. The van der Waals surface area contributed by atoms with E-state index in [-0.39, 0.29) is 6.04 Å². The number of nitrogens with zero attached hydrogens (tertiary/aromatic N) is 4. The van der Waals surface area contributed by atoms with Crippen LogP contribution in [0.3, 0.4) is 0 Å². The quantitative estimate of drug-likeness (QED) is 0.800. The van der Waals surface area contributed by atoms with Gasteiger partial charge in [-0.3, -0.25) is 0 Å². The Morgan fingerprint density at radius 2 is 2.09 bits per heavy atom. The molecule has 0 radical (unpaired) electrons. The molecule has 0 bridgehead atoms. The highest BCUT2D eigenvalue weighted by Crippen LogP contribution is 2.24. The molecule has 5 nitrogen and oxygen atoms in total. The minimum Gasteiger partial charge on any atom is -0.363 e. The minimum absolute atomic E-state index is 0.180. The third kappa shape index (κ3) is 2.54. The third-order valence-corrected chi connectivity index (χ3v) is 4.14. The monoisotopic (exact) mass is 295 g/mol. The Morgan fingerprint density at radius 1 is 1.27 bits per heavy atom. The molecule has 5 heteroatoms. The molecule has 1 N–H and O–H groups in total. The standard InChI is InChI=1S/C17H21N5/c1-5-14-9-16(22-17(21-14)18-10-19-22)20-13(4)15-8-6-7-11(2)12(15)3/h6-10,13,20H,5H2,1-4H3. The molecular weight excluding hydrogens is 274 g/mol. The first-order valence-corrected chi connectivity index (χ1v) is 7.62. The van der Waals surface area contributed by atoms with Crippen molar-refractivity contribution in [2.45, 2.75) is 40.2 Å². The highest BCUT2D eigenvalue weighted by atomic mass is 15.4. The molecule has 0 fully saturated rings. The van der Waals surface area contributed by atoms with Crippen LogP contribution in [0.2, 0.25) is 0 Å². The normalized spacial score (nSPS) is 12.5. The maximum atomic E-state index is 4.48. The topological polar surface area (TPSA) is 55.1 Å². The van der Waals surface area contributed by atoms with E-state index in [9.17, 15) is 0 Å². The van der Waals surface area contributed by atoms with Crippen LogP contribution in [0.5, 0.6) is 0 Å². The van der Waals surface area contributed by atoms with Crippen molar-refractivity contribution in [3.8, 4) is 0 Å². The molecule has 114 valence electrons. The molecule has 0 aliphatic heterocycles. The van der Waals surface area contributed by atoms with Crippen molar-refractivity contribution in [2.24, 2.45) is 0 Å². The summed E-state index contributed by atoms with van der Waals surface area (Å²) >= 11 is 0. The van der Waals surface area contributed by atoms with E-state index in [0.717, 1.165) is 17.9 Å². The van der Waals surface area contributed by atoms with Crippen LogP contribution < -0.4 is 5.32 Å². The van der Waals surface area contributed by atoms with Gasteiger partial charge in [0.1, 0.15) is 12.1 Å². The molecule has 1 atom stereocenters. The fourth-order valence-corrected chi connectivity index (χ4v) is 2.69. The van der Waals surface area contributed by atoms with Gasteiger partial charge in [0.05, 0.1) is 6.04 Å². The molecule has 1 unspecified atom stereocenters. The van der Waals surface area contributed by atoms with Crippen LogP contribution >= 0.6 is 0 Å². The van der Waals surface area contributed by atoms with Gasteiger partial charge in [0.2, 0.25) is 0 Å². The Hall–Kier alpha value is -2.43. The second-order valence-electron chi connectivity index (χ2n) is 5.61. The second-order valence-corrected chi connectivity index (χ2v) is 5.61. The molecule has 2 heterocycles. The van der Waals surface area contributed by atoms with Gasteiger partial charge in [-0.05, 0) is 43.9 Å². The summed E-state index contributed by atoms with van der Waals surface area (Å²) in [4.78, 5) is 8.68. The van der Waals surface area contributed by atoms with E-state index in [1.165, 1.54) is 23.0 Å². The van der Waals surface area contributed by atoms with Gasteiger partial charge in [0.15, 0.2) is 0 Å². The molecule has 0 spiro atoms. The number of aryl methyl sites for hydroxylation is 2. The van der Waals surface area contributed by atoms with E-state index in [2.05, 4.69) is 66.3 Å². The number of rotatable bonds is 4. The van der Waals surface area contributed by atoms with Crippen LogP contribution in [-0.4, -0.2) is 19.6 Å². The average Bonchev–Trinajstić information content (AvgIpc) is 2.98. The average molecular weight is 295 g/mol. The molecule has 0 aliphatic rings. The van der Waals surface area contributed by atoms with Gasteiger partial charge in [-0.15, -0.1) is 0 Å². The van der Waals surface area contributed by atoms with Crippen molar-refractivity contribution >= 4 is 11.6 Å².